The highest BCUT2D eigenvalue weighted by molar-refractivity contribution is 5.25. The van der Waals surface area contributed by atoms with Crippen molar-refractivity contribution in [1.82, 2.24) is 5.32 Å². The summed E-state index contributed by atoms with van der Waals surface area (Å²) in [5.41, 5.74) is 2.58. The van der Waals surface area contributed by atoms with E-state index in [4.69, 9.17) is 9.47 Å². The van der Waals surface area contributed by atoms with Crippen molar-refractivity contribution < 1.29 is 9.47 Å². The van der Waals surface area contributed by atoms with Crippen LogP contribution in [0.5, 0.6) is 0 Å². The first-order valence-corrected chi connectivity index (χ1v) is 7.59. The highest BCUT2D eigenvalue weighted by atomic mass is 16.5. The van der Waals surface area contributed by atoms with Crippen molar-refractivity contribution >= 4 is 0 Å². The summed E-state index contributed by atoms with van der Waals surface area (Å²) in [5.74, 6) is 0. The zero-order valence-corrected chi connectivity index (χ0v) is 13.1. The SMILES string of the molecule is CNC(COC1CC(C)OC(C)C1)c1cccc(C)c1. The average Bonchev–Trinajstić information content (AvgIpc) is 2.38. The van der Waals surface area contributed by atoms with Crippen LogP contribution >= 0.6 is 0 Å². The number of benzene rings is 1. The molecule has 3 heteroatoms. The molecule has 20 heavy (non-hydrogen) atoms. The van der Waals surface area contributed by atoms with Crippen LogP contribution in [0.2, 0.25) is 0 Å². The van der Waals surface area contributed by atoms with Gasteiger partial charge in [-0.15, -0.1) is 0 Å². The molecule has 1 saturated heterocycles. The molecule has 2 rings (SSSR count). The Morgan fingerprint density at radius 2 is 2.00 bits per heavy atom. The van der Waals surface area contributed by atoms with Gasteiger partial charge in [0.05, 0.1) is 31.0 Å². The number of hydrogen-bond donors (Lipinski definition) is 1. The molecular formula is C17H27NO2. The Bertz CT molecular complexity index is 411. The smallest absolute Gasteiger partial charge is 0.0665 e. The molecule has 1 N–H and O–H groups in total. The van der Waals surface area contributed by atoms with Crippen molar-refractivity contribution in [2.75, 3.05) is 13.7 Å². The average molecular weight is 277 g/mol. The highest BCUT2D eigenvalue weighted by Gasteiger charge is 2.25. The summed E-state index contributed by atoms with van der Waals surface area (Å²) in [4.78, 5) is 0. The van der Waals surface area contributed by atoms with E-state index in [9.17, 15) is 0 Å². The Labute approximate surface area is 122 Å². The molecule has 0 spiro atoms. The third-order valence-electron chi connectivity index (χ3n) is 3.95. The van der Waals surface area contributed by atoms with E-state index in [0.29, 0.717) is 24.9 Å². The molecule has 3 unspecified atom stereocenters. The second kappa shape index (κ2) is 7.21. The topological polar surface area (TPSA) is 30.5 Å². The maximum Gasteiger partial charge on any atom is 0.0665 e. The predicted molar refractivity (Wildman–Crippen MR) is 82.0 cm³/mol. The summed E-state index contributed by atoms with van der Waals surface area (Å²) >= 11 is 0. The molecule has 3 nitrogen and oxygen atoms in total. The van der Waals surface area contributed by atoms with Gasteiger partial charge in [0.25, 0.3) is 0 Å². The second-order valence-electron chi connectivity index (χ2n) is 5.94. The Morgan fingerprint density at radius 3 is 2.60 bits per heavy atom. The van der Waals surface area contributed by atoms with Crippen molar-refractivity contribution in [3.63, 3.8) is 0 Å². The predicted octanol–water partition coefficient (Wildman–Crippen LogP) is 3.23. The zero-order chi connectivity index (χ0) is 14.5. The molecule has 3 atom stereocenters. The molecular weight excluding hydrogens is 250 g/mol. The van der Waals surface area contributed by atoms with Gasteiger partial charge in [-0.2, -0.15) is 0 Å². The molecule has 0 amide bonds. The number of rotatable bonds is 5. The van der Waals surface area contributed by atoms with E-state index in [-0.39, 0.29) is 6.04 Å². The second-order valence-corrected chi connectivity index (χ2v) is 5.94. The summed E-state index contributed by atoms with van der Waals surface area (Å²) in [6.45, 7) is 7.09. The van der Waals surface area contributed by atoms with Crippen molar-refractivity contribution in [2.45, 2.75) is 58.0 Å². The van der Waals surface area contributed by atoms with E-state index in [1.807, 2.05) is 7.05 Å². The molecule has 1 fully saturated rings. The third kappa shape index (κ3) is 4.30. The van der Waals surface area contributed by atoms with Crippen LogP contribution in [-0.4, -0.2) is 32.0 Å². The van der Waals surface area contributed by atoms with Crippen LogP contribution in [0.3, 0.4) is 0 Å². The monoisotopic (exact) mass is 277 g/mol. The fourth-order valence-electron chi connectivity index (χ4n) is 2.95. The van der Waals surface area contributed by atoms with Gasteiger partial charge in [-0.1, -0.05) is 29.8 Å². The minimum Gasteiger partial charge on any atom is -0.376 e. The Kier molecular flexibility index (Phi) is 5.58. The van der Waals surface area contributed by atoms with E-state index < -0.39 is 0 Å². The Morgan fingerprint density at radius 1 is 1.30 bits per heavy atom. The van der Waals surface area contributed by atoms with E-state index in [2.05, 4.69) is 50.4 Å². The molecule has 0 aromatic heterocycles. The normalized spacial score (nSPS) is 28.3. The molecule has 0 aliphatic carbocycles. The van der Waals surface area contributed by atoms with Gasteiger partial charge in [-0.05, 0) is 46.2 Å². The van der Waals surface area contributed by atoms with Gasteiger partial charge in [0.1, 0.15) is 0 Å². The molecule has 1 aliphatic heterocycles. The Balaban J connectivity index is 1.90. The van der Waals surface area contributed by atoms with Gasteiger partial charge in [0.2, 0.25) is 0 Å². The lowest BCUT2D eigenvalue weighted by atomic mass is 10.0. The number of ether oxygens (including phenoxy) is 2. The van der Waals surface area contributed by atoms with Crippen molar-refractivity contribution in [3.8, 4) is 0 Å². The summed E-state index contributed by atoms with van der Waals surface area (Å²) in [6.07, 6.45) is 2.91. The zero-order valence-electron chi connectivity index (χ0n) is 13.1. The maximum atomic E-state index is 6.13. The minimum atomic E-state index is 0.253. The number of hydrogen-bond acceptors (Lipinski definition) is 3. The molecule has 1 aromatic rings. The van der Waals surface area contributed by atoms with E-state index in [1.54, 1.807) is 0 Å². The van der Waals surface area contributed by atoms with E-state index in [1.165, 1.54) is 11.1 Å². The molecule has 1 heterocycles. The van der Waals surface area contributed by atoms with Gasteiger partial charge in [0.15, 0.2) is 0 Å². The fraction of sp³-hybridized carbons (Fsp3) is 0.647. The van der Waals surface area contributed by atoms with Gasteiger partial charge < -0.3 is 14.8 Å². The first-order chi connectivity index (χ1) is 9.58. The largest absolute Gasteiger partial charge is 0.376 e. The molecule has 1 aromatic carbocycles. The quantitative estimate of drug-likeness (QED) is 0.896. The molecule has 1 aliphatic rings. The van der Waals surface area contributed by atoms with E-state index >= 15 is 0 Å². The molecule has 0 saturated carbocycles. The Hall–Kier alpha value is -0.900. The van der Waals surface area contributed by atoms with Gasteiger partial charge >= 0.3 is 0 Å². The minimum absolute atomic E-state index is 0.253. The highest BCUT2D eigenvalue weighted by Crippen LogP contribution is 2.23. The summed E-state index contributed by atoms with van der Waals surface area (Å²) in [5, 5.41) is 3.35. The first-order valence-electron chi connectivity index (χ1n) is 7.59. The summed E-state index contributed by atoms with van der Waals surface area (Å²) in [6, 6.07) is 8.86. The van der Waals surface area contributed by atoms with Crippen LogP contribution in [0, 0.1) is 6.92 Å². The first kappa shape index (κ1) is 15.5. The lowest BCUT2D eigenvalue weighted by molar-refractivity contribution is -0.104. The van der Waals surface area contributed by atoms with Gasteiger partial charge in [-0.25, -0.2) is 0 Å². The van der Waals surface area contributed by atoms with Crippen LogP contribution in [0.25, 0.3) is 0 Å². The van der Waals surface area contributed by atoms with Crippen molar-refractivity contribution in [2.24, 2.45) is 0 Å². The van der Waals surface area contributed by atoms with Crippen molar-refractivity contribution in [1.29, 1.82) is 0 Å². The van der Waals surface area contributed by atoms with Gasteiger partial charge in [0, 0.05) is 0 Å². The maximum absolute atomic E-state index is 6.13. The molecule has 0 radical (unpaired) electrons. The van der Waals surface area contributed by atoms with Crippen LogP contribution in [0.1, 0.15) is 43.9 Å². The number of aryl methyl sites for hydroxylation is 1. The standard InChI is InChI=1S/C17H27NO2/c1-12-6-5-7-15(8-12)17(18-4)11-19-16-9-13(2)20-14(3)10-16/h5-8,13-14,16-18H,9-11H2,1-4H3. The van der Waals surface area contributed by atoms with Crippen LogP contribution in [0.4, 0.5) is 0 Å². The summed E-state index contributed by atoms with van der Waals surface area (Å²) in [7, 11) is 1.99. The van der Waals surface area contributed by atoms with Gasteiger partial charge in [-0.3, -0.25) is 0 Å². The number of nitrogens with one attached hydrogen (secondary N) is 1. The molecule has 112 valence electrons. The van der Waals surface area contributed by atoms with E-state index in [0.717, 1.165) is 12.8 Å². The lowest BCUT2D eigenvalue weighted by Crippen LogP contribution is -2.35. The third-order valence-corrected chi connectivity index (χ3v) is 3.95. The van der Waals surface area contributed by atoms with Crippen LogP contribution < -0.4 is 5.32 Å². The fourth-order valence-corrected chi connectivity index (χ4v) is 2.95. The number of likely N-dealkylation sites (N-methyl/N-ethyl adjacent to an activating group) is 1. The molecule has 0 bridgehead atoms. The lowest BCUT2D eigenvalue weighted by Gasteiger charge is -2.33. The van der Waals surface area contributed by atoms with Crippen LogP contribution in [0.15, 0.2) is 24.3 Å². The summed E-state index contributed by atoms with van der Waals surface area (Å²) < 4.78 is 11.9. The van der Waals surface area contributed by atoms with Crippen molar-refractivity contribution in [3.05, 3.63) is 35.4 Å². The van der Waals surface area contributed by atoms with Crippen LogP contribution in [-0.2, 0) is 9.47 Å².